The van der Waals surface area contributed by atoms with Crippen LogP contribution in [-0.4, -0.2) is 25.2 Å². The van der Waals surface area contributed by atoms with E-state index >= 15 is 0 Å². The van der Waals surface area contributed by atoms with Crippen molar-refractivity contribution in [2.75, 3.05) is 13.2 Å². The Morgan fingerprint density at radius 1 is 0.615 bits per heavy atom. The number of ether oxygens (including phenoxy) is 2. The molecule has 0 aromatic heterocycles. The van der Waals surface area contributed by atoms with Gasteiger partial charge in [-0.25, -0.2) is 9.59 Å². The van der Waals surface area contributed by atoms with Crippen LogP contribution < -0.4 is 0 Å². The lowest BCUT2D eigenvalue weighted by molar-refractivity contribution is -0.139. The second-order valence-electron chi connectivity index (χ2n) is 6.66. The molecule has 0 amide bonds. The fourth-order valence-corrected chi connectivity index (χ4v) is 1.99. The molecule has 26 heavy (non-hydrogen) atoms. The Bertz CT molecular complexity index is 399. The smallest absolute Gasteiger partial charge is 0.333 e. The molecule has 0 aromatic rings. The summed E-state index contributed by atoms with van der Waals surface area (Å²) >= 11 is 0. The molecular formula is C22H40O4. The van der Waals surface area contributed by atoms with Crippen LogP contribution in [0.25, 0.3) is 0 Å². The molecule has 0 bridgehead atoms. The minimum Gasteiger partial charge on any atom is -0.462 e. The van der Waals surface area contributed by atoms with Crippen LogP contribution in [-0.2, 0) is 19.1 Å². The lowest BCUT2D eigenvalue weighted by atomic mass is 10.1. The van der Waals surface area contributed by atoms with E-state index in [2.05, 4.69) is 27.0 Å². The molecule has 0 saturated carbocycles. The zero-order chi connectivity index (χ0) is 20.2. The van der Waals surface area contributed by atoms with E-state index in [-0.39, 0.29) is 11.9 Å². The van der Waals surface area contributed by atoms with E-state index in [0.717, 1.165) is 25.7 Å². The van der Waals surface area contributed by atoms with Gasteiger partial charge in [0.25, 0.3) is 0 Å². The third-order valence-electron chi connectivity index (χ3n) is 3.66. The molecular weight excluding hydrogens is 328 g/mol. The van der Waals surface area contributed by atoms with Crippen molar-refractivity contribution in [1.29, 1.82) is 0 Å². The maximum atomic E-state index is 11.0. The Morgan fingerprint density at radius 2 is 0.923 bits per heavy atom. The minimum absolute atomic E-state index is 0.265. The lowest BCUT2D eigenvalue weighted by Gasteiger charge is -2.03. The summed E-state index contributed by atoms with van der Waals surface area (Å²) in [6.45, 7) is 15.8. The Labute approximate surface area is 161 Å². The first-order valence-electron chi connectivity index (χ1n) is 10.0. The first-order valence-corrected chi connectivity index (χ1v) is 10.0. The van der Waals surface area contributed by atoms with Gasteiger partial charge in [0.2, 0.25) is 0 Å². The monoisotopic (exact) mass is 368 g/mol. The van der Waals surface area contributed by atoms with Gasteiger partial charge in [-0.1, -0.05) is 78.4 Å². The molecule has 0 fully saturated rings. The number of carbonyl (C=O) groups excluding carboxylic acids is 2. The molecule has 4 heteroatoms. The molecule has 4 nitrogen and oxygen atoms in total. The first kappa shape index (κ1) is 26.6. The normalized spacial score (nSPS) is 9.69. The highest BCUT2D eigenvalue weighted by molar-refractivity contribution is 5.87. The number of unbranched alkanes of at least 4 members (excludes halogenated alkanes) is 8. The standard InChI is InChI=1S/C12H22O2.C10H18O2/c1-4-5-6-7-8-9-10-14-12(13)11(2)3;1-4-5-6-7-8-12-10(11)9(2)3/h2,4-10H2,1,3H3;2,4-8H2,1,3H3. The molecule has 0 unspecified atom stereocenters. The Morgan fingerprint density at radius 3 is 1.27 bits per heavy atom. The van der Waals surface area contributed by atoms with Crippen LogP contribution in [0.4, 0.5) is 0 Å². The third-order valence-corrected chi connectivity index (χ3v) is 3.66. The van der Waals surface area contributed by atoms with E-state index in [9.17, 15) is 9.59 Å². The maximum Gasteiger partial charge on any atom is 0.333 e. The average Bonchev–Trinajstić information content (AvgIpc) is 2.60. The largest absolute Gasteiger partial charge is 0.462 e. The van der Waals surface area contributed by atoms with E-state index in [1.807, 2.05) is 0 Å². The number of rotatable bonds is 14. The zero-order valence-electron chi connectivity index (χ0n) is 17.5. The van der Waals surface area contributed by atoms with E-state index in [4.69, 9.17) is 9.47 Å². The van der Waals surface area contributed by atoms with Gasteiger partial charge >= 0.3 is 11.9 Å². The molecule has 0 saturated heterocycles. The molecule has 0 rings (SSSR count). The van der Waals surface area contributed by atoms with Crippen molar-refractivity contribution in [2.24, 2.45) is 0 Å². The van der Waals surface area contributed by atoms with Crippen molar-refractivity contribution in [1.82, 2.24) is 0 Å². The van der Waals surface area contributed by atoms with E-state index in [1.165, 1.54) is 38.5 Å². The molecule has 0 N–H and O–H groups in total. The van der Waals surface area contributed by atoms with Crippen LogP contribution >= 0.6 is 0 Å². The number of hydrogen-bond acceptors (Lipinski definition) is 4. The van der Waals surface area contributed by atoms with E-state index in [1.54, 1.807) is 13.8 Å². The van der Waals surface area contributed by atoms with Crippen LogP contribution in [0, 0.1) is 0 Å². The molecule has 0 radical (unpaired) electrons. The van der Waals surface area contributed by atoms with Crippen LogP contribution in [0.2, 0.25) is 0 Å². The predicted octanol–water partition coefficient (Wildman–Crippen LogP) is 6.15. The average molecular weight is 369 g/mol. The summed E-state index contributed by atoms with van der Waals surface area (Å²) in [5.74, 6) is -0.537. The topological polar surface area (TPSA) is 52.6 Å². The molecule has 0 aliphatic heterocycles. The summed E-state index contributed by atoms with van der Waals surface area (Å²) in [6.07, 6.45) is 11.8. The van der Waals surface area contributed by atoms with Gasteiger partial charge in [-0.2, -0.15) is 0 Å². The minimum atomic E-state index is -0.272. The molecule has 0 atom stereocenters. The van der Waals surface area contributed by atoms with Crippen molar-refractivity contribution in [2.45, 2.75) is 91.9 Å². The van der Waals surface area contributed by atoms with Gasteiger partial charge in [-0.3, -0.25) is 0 Å². The van der Waals surface area contributed by atoms with Crippen LogP contribution in [0.15, 0.2) is 24.3 Å². The highest BCUT2D eigenvalue weighted by atomic mass is 16.5. The summed E-state index contributed by atoms with van der Waals surface area (Å²) in [7, 11) is 0. The second-order valence-corrected chi connectivity index (χ2v) is 6.66. The quantitative estimate of drug-likeness (QED) is 0.209. The van der Waals surface area contributed by atoms with Gasteiger partial charge in [0, 0.05) is 11.1 Å². The summed E-state index contributed by atoms with van der Waals surface area (Å²) in [6, 6.07) is 0. The highest BCUT2D eigenvalue weighted by Gasteiger charge is 2.02. The van der Waals surface area contributed by atoms with Gasteiger partial charge in [0.15, 0.2) is 0 Å². The fourth-order valence-electron chi connectivity index (χ4n) is 1.99. The highest BCUT2D eigenvalue weighted by Crippen LogP contribution is 2.05. The van der Waals surface area contributed by atoms with E-state index < -0.39 is 0 Å². The van der Waals surface area contributed by atoms with Gasteiger partial charge in [0.05, 0.1) is 13.2 Å². The van der Waals surface area contributed by atoms with Gasteiger partial charge in [-0.15, -0.1) is 0 Å². The van der Waals surface area contributed by atoms with Crippen molar-refractivity contribution in [3.05, 3.63) is 24.3 Å². The molecule has 0 spiro atoms. The molecule has 0 aliphatic rings. The van der Waals surface area contributed by atoms with Crippen molar-refractivity contribution in [3.63, 3.8) is 0 Å². The summed E-state index contributed by atoms with van der Waals surface area (Å²) in [4.78, 5) is 21.8. The summed E-state index contributed by atoms with van der Waals surface area (Å²) < 4.78 is 9.88. The summed E-state index contributed by atoms with van der Waals surface area (Å²) in [5, 5.41) is 0. The van der Waals surface area contributed by atoms with Gasteiger partial charge < -0.3 is 9.47 Å². The second kappa shape index (κ2) is 19.7. The zero-order valence-corrected chi connectivity index (χ0v) is 17.5. The number of esters is 2. The van der Waals surface area contributed by atoms with Gasteiger partial charge in [-0.05, 0) is 26.7 Å². The lowest BCUT2D eigenvalue weighted by Crippen LogP contribution is -2.05. The summed E-state index contributed by atoms with van der Waals surface area (Å²) in [5.41, 5.74) is 0.960. The molecule has 0 aliphatic carbocycles. The SMILES string of the molecule is C=C(C)C(=O)OCCCCCC.C=C(C)C(=O)OCCCCCCCC. The Kier molecular flexibility index (Phi) is 20.2. The van der Waals surface area contributed by atoms with Crippen molar-refractivity contribution >= 4 is 11.9 Å². The molecule has 0 aromatic carbocycles. The molecule has 152 valence electrons. The van der Waals surface area contributed by atoms with Gasteiger partial charge in [0.1, 0.15) is 0 Å². The Hall–Kier alpha value is -1.58. The Balaban J connectivity index is 0. The fraction of sp³-hybridized carbons (Fsp3) is 0.727. The van der Waals surface area contributed by atoms with Crippen LogP contribution in [0.5, 0.6) is 0 Å². The number of carbonyl (C=O) groups is 2. The molecule has 0 heterocycles. The van der Waals surface area contributed by atoms with Crippen molar-refractivity contribution in [3.8, 4) is 0 Å². The van der Waals surface area contributed by atoms with Crippen LogP contribution in [0.3, 0.4) is 0 Å². The van der Waals surface area contributed by atoms with E-state index in [0.29, 0.717) is 24.4 Å². The van der Waals surface area contributed by atoms with Crippen molar-refractivity contribution < 1.29 is 19.1 Å². The first-order chi connectivity index (χ1) is 12.4. The number of hydrogen-bond donors (Lipinski definition) is 0. The maximum absolute atomic E-state index is 11.0. The van der Waals surface area contributed by atoms with Crippen LogP contribution in [0.1, 0.15) is 91.9 Å². The predicted molar refractivity (Wildman–Crippen MR) is 109 cm³/mol. The third kappa shape index (κ3) is 20.5.